The lowest BCUT2D eigenvalue weighted by molar-refractivity contribution is -0.121. The summed E-state index contributed by atoms with van der Waals surface area (Å²) in [5, 5.41) is 19.5. The van der Waals surface area contributed by atoms with Gasteiger partial charge in [-0.3, -0.25) is 4.79 Å². The van der Waals surface area contributed by atoms with E-state index in [2.05, 4.69) is 4.76 Å². The molecule has 2 unspecified atom stereocenters. The second kappa shape index (κ2) is 6.50. The molecule has 0 bridgehead atoms. The molecule has 1 aromatic rings. The lowest BCUT2D eigenvalue weighted by Gasteiger charge is -2.22. The van der Waals surface area contributed by atoms with Gasteiger partial charge in [-0.1, -0.05) is 25.1 Å². The Bertz CT molecular complexity index is 761. The van der Waals surface area contributed by atoms with Crippen molar-refractivity contribution in [3.63, 3.8) is 0 Å². The van der Waals surface area contributed by atoms with Crippen LogP contribution in [0, 0.1) is 5.92 Å². The molecule has 1 aliphatic carbocycles. The van der Waals surface area contributed by atoms with Crippen molar-refractivity contribution in [1.82, 2.24) is 0 Å². The van der Waals surface area contributed by atoms with Crippen molar-refractivity contribution in [1.29, 1.82) is 0 Å². The molecule has 0 aromatic heterocycles. The zero-order valence-corrected chi connectivity index (χ0v) is 13.1. The SMILES string of the molecule is CC(C(=O)C1C(O)=CC=C/C1=N\P(=O)(O)O)c1cccc(O)c1. The number of aromatic hydroxyl groups is 1. The van der Waals surface area contributed by atoms with Crippen LogP contribution in [0.1, 0.15) is 18.4 Å². The highest BCUT2D eigenvalue weighted by atomic mass is 31.2. The molecule has 8 heteroatoms. The van der Waals surface area contributed by atoms with E-state index in [1.54, 1.807) is 19.1 Å². The van der Waals surface area contributed by atoms with E-state index in [-0.39, 0.29) is 17.2 Å². The van der Waals surface area contributed by atoms with Gasteiger partial charge in [0.05, 0.1) is 5.71 Å². The van der Waals surface area contributed by atoms with Crippen molar-refractivity contribution in [3.05, 3.63) is 53.8 Å². The maximum Gasteiger partial charge on any atom is 0.448 e. The van der Waals surface area contributed by atoms with Gasteiger partial charge in [-0.2, -0.15) is 4.76 Å². The summed E-state index contributed by atoms with van der Waals surface area (Å²) in [7, 11) is -4.74. The fourth-order valence-electron chi connectivity index (χ4n) is 2.33. The number of nitrogens with zero attached hydrogens (tertiary/aromatic N) is 1. The first-order chi connectivity index (χ1) is 10.7. The minimum absolute atomic E-state index is 0.00504. The molecule has 2 atom stereocenters. The zero-order chi connectivity index (χ0) is 17.2. The Morgan fingerprint density at radius 1 is 1.30 bits per heavy atom. The Labute approximate surface area is 132 Å². The molecule has 0 aliphatic heterocycles. The molecule has 4 N–H and O–H groups in total. The summed E-state index contributed by atoms with van der Waals surface area (Å²) in [5.41, 5.74) is 0.322. The average Bonchev–Trinajstić information content (AvgIpc) is 2.44. The third kappa shape index (κ3) is 4.16. The van der Waals surface area contributed by atoms with Gasteiger partial charge in [0.2, 0.25) is 0 Å². The highest BCUT2D eigenvalue weighted by molar-refractivity contribution is 7.50. The van der Waals surface area contributed by atoms with Gasteiger partial charge in [-0.05, 0) is 29.8 Å². The van der Waals surface area contributed by atoms with Crippen LogP contribution >= 0.6 is 7.75 Å². The van der Waals surface area contributed by atoms with E-state index in [1.165, 1.54) is 30.4 Å². The molecular weight excluding hydrogens is 321 g/mol. The van der Waals surface area contributed by atoms with Gasteiger partial charge in [-0.15, -0.1) is 0 Å². The number of phenols is 1. The van der Waals surface area contributed by atoms with Gasteiger partial charge in [-0.25, -0.2) is 4.57 Å². The van der Waals surface area contributed by atoms with Crippen LogP contribution in [0.2, 0.25) is 0 Å². The number of ketones is 1. The van der Waals surface area contributed by atoms with Crippen LogP contribution in [0.25, 0.3) is 0 Å². The van der Waals surface area contributed by atoms with Crippen LogP contribution in [-0.2, 0) is 9.36 Å². The topological polar surface area (TPSA) is 127 Å². The Morgan fingerprint density at radius 3 is 2.61 bits per heavy atom. The van der Waals surface area contributed by atoms with E-state index in [0.717, 1.165) is 0 Å². The van der Waals surface area contributed by atoms with E-state index in [0.29, 0.717) is 5.56 Å². The molecule has 2 rings (SSSR count). The molecule has 0 saturated carbocycles. The van der Waals surface area contributed by atoms with Crippen LogP contribution < -0.4 is 0 Å². The number of benzene rings is 1. The third-order valence-corrected chi connectivity index (χ3v) is 3.94. The summed E-state index contributed by atoms with van der Waals surface area (Å²) in [6.45, 7) is 1.58. The number of phenolic OH excluding ortho intramolecular Hbond substituents is 1. The fraction of sp³-hybridized carbons (Fsp3) is 0.200. The lowest BCUT2D eigenvalue weighted by Crippen LogP contribution is -2.30. The smallest absolute Gasteiger partial charge is 0.448 e. The monoisotopic (exact) mass is 337 g/mol. The number of carbonyl (C=O) groups excluding carboxylic acids is 1. The van der Waals surface area contributed by atoms with Gasteiger partial charge in [0.25, 0.3) is 0 Å². The summed E-state index contributed by atoms with van der Waals surface area (Å²) in [4.78, 5) is 30.7. The molecule has 122 valence electrons. The van der Waals surface area contributed by atoms with Gasteiger partial charge < -0.3 is 20.0 Å². The molecule has 0 amide bonds. The second-order valence-electron chi connectivity index (χ2n) is 5.14. The third-order valence-electron chi connectivity index (χ3n) is 3.45. The average molecular weight is 337 g/mol. The maximum atomic E-state index is 12.7. The molecule has 0 spiro atoms. The highest BCUT2D eigenvalue weighted by Gasteiger charge is 2.34. The molecule has 0 radical (unpaired) electrons. The predicted molar refractivity (Wildman–Crippen MR) is 84.3 cm³/mol. The number of hydrogen-bond acceptors (Lipinski definition) is 4. The summed E-state index contributed by atoms with van der Waals surface area (Å²) in [6.07, 6.45) is 3.90. The fourth-order valence-corrected chi connectivity index (χ4v) is 2.81. The van der Waals surface area contributed by atoms with Crippen molar-refractivity contribution in [2.75, 3.05) is 0 Å². The Kier molecular flexibility index (Phi) is 4.85. The number of rotatable bonds is 4. The first-order valence-electron chi connectivity index (χ1n) is 6.74. The van der Waals surface area contributed by atoms with Crippen molar-refractivity contribution >= 4 is 19.2 Å². The number of aliphatic hydroxyl groups is 1. The summed E-state index contributed by atoms with van der Waals surface area (Å²) < 4.78 is 14.3. The molecule has 1 aliphatic rings. The highest BCUT2D eigenvalue weighted by Crippen LogP contribution is 2.39. The summed E-state index contributed by atoms with van der Waals surface area (Å²) in [5.74, 6) is -2.80. The zero-order valence-electron chi connectivity index (χ0n) is 12.2. The second-order valence-corrected chi connectivity index (χ2v) is 6.37. The normalized spacial score (nSPS) is 21.1. The first kappa shape index (κ1) is 17.1. The van der Waals surface area contributed by atoms with Crippen molar-refractivity contribution in [2.24, 2.45) is 10.7 Å². The number of aliphatic hydroxyl groups excluding tert-OH is 1. The number of allylic oxidation sites excluding steroid dienone is 4. The van der Waals surface area contributed by atoms with E-state index in [9.17, 15) is 19.6 Å². The van der Waals surface area contributed by atoms with E-state index in [1.807, 2.05) is 0 Å². The first-order valence-corrected chi connectivity index (χ1v) is 8.31. The molecular formula is C15H16NO6P. The molecule has 23 heavy (non-hydrogen) atoms. The van der Waals surface area contributed by atoms with E-state index in [4.69, 9.17) is 9.79 Å². The summed E-state index contributed by atoms with van der Waals surface area (Å²) >= 11 is 0. The number of hydrogen-bond donors (Lipinski definition) is 4. The van der Waals surface area contributed by atoms with E-state index >= 15 is 0 Å². The summed E-state index contributed by atoms with van der Waals surface area (Å²) in [6, 6.07) is 6.10. The van der Waals surface area contributed by atoms with Crippen LogP contribution in [0.3, 0.4) is 0 Å². The van der Waals surface area contributed by atoms with Gasteiger partial charge in [0.15, 0.2) is 5.78 Å². The lowest BCUT2D eigenvalue weighted by atomic mass is 9.83. The van der Waals surface area contributed by atoms with Crippen LogP contribution in [-0.4, -0.2) is 31.5 Å². The van der Waals surface area contributed by atoms with Crippen molar-refractivity contribution in [2.45, 2.75) is 12.8 Å². The van der Waals surface area contributed by atoms with Gasteiger partial charge in [0, 0.05) is 5.92 Å². The molecule has 7 nitrogen and oxygen atoms in total. The number of Topliss-reactive ketones (excluding diaryl/α,β-unsaturated/α-hetero) is 1. The van der Waals surface area contributed by atoms with Gasteiger partial charge in [0.1, 0.15) is 17.4 Å². The van der Waals surface area contributed by atoms with E-state index < -0.39 is 25.4 Å². The molecule has 0 heterocycles. The standard InChI is InChI=1S/C15H16NO6P/c1-9(10-4-2-5-11(17)8-10)15(19)14-12(16-23(20,21)22)6-3-7-13(14)18/h2-9,14,17-18H,1H3,(H2,20,21,22)/b16-12+. The van der Waals surface area contributed by atoms with Crippen molar-refractivity contribution in [3.8, 4) is 5.75 Å². The minimum atomic E-state index is -4.74. The number of carbonyl (C=O) groups is 1. The van der Waals surface area contributed by atoms with Gasteiger partial charge >= 0.3 is 7.75 Å². The van der Waals surface area contributed by atoms with Crippen LogP contribution in [0.15, 0.2) is 53.0 Å². The quantitative estimate of drug-likeness (QED) is 0.624. The molecule has 1 aromatic carbocycles. The Balaban J connectivity index is 2.38. The van der Waals surface area contributed by atoms with Crippen molar-refractivity contribution < 1.29 is 29.4 Å². The predicted octanol–water partition coefficient (Wildman–Crippen LogP) is 2.23. The Hall–Kier alpha value is -2.21. The van der Waals surface area contributed by atoms with Crippen LogP contribution in [0.4, 0.5) is 0 Å². The molecule has 0 saturated heterocycles. The molecule has 0 fully saturated rings. The Morgan fingerprint density at radius 2 is 2.00 bits per heavy atom. The largest absolute Gasteiger partial charge is 0.511 e. The van der Waals surface area contributed by atoms with Crippen LogP contribution in [0.5, 0.6) is 5.75 Å². The minimum Gasteiger partial charge on any atom is -0.511 e. The maximum absolute atomic E-state index is 12.7.